The molecule has 1 N–H and O–H groups in total. The van der Waals surface area contributed by atoms with E-state index in [1.54, 1.807) is 7.11 Å². The fourth-order valence-electron chi connectivity index (χ4n) is 3.49. The summed E-state index contributed by atoms with van der Waals surface area (Å²) in [7, 11) is 1.63. The van der Waals surface area contributed by atoms with Gasteiger partial charge in [0.05, 0.1) is 5.92 Å². The molecule has 0 aromatic heterocycles. The molecule has 120 valence electrons. The van der Waals surface area contributed by atoms with Gasteiger partial charge in [-0.2, -0.15) is 13.2 Å². The van der Waals surface area contributed by atoms with Gasteiger partial charge in [0.1, 0.15) is 0 Å². The summed E-state index contributed by atoms with van der Waals surface area (Å²) < 4.78 is 44.8. The highest BCUT2D eigenvalue weighted by molar-refractivity contribution is 4.90. The van der Waals surface area contributed by atoms with Gasteiger partial charge < -0.3 is 10.1 Å². The number of halogens is 3. The molecule has 0 saturated heterocycles. The van der Waals surface area contributed by atoms with Gasteiger partial charge in [0.15, 0.2) is 0 Å². The first-order chi connectivity index (χ1) is 9.41. The van der Waals surface area contributed by atoms with E-state index >= 15 is 0 Å². The third-order valence-corrected chi connectivity index (χ3v) is 4.53. The molecule has 1 rings (SSSR count). The molecule has 0 spiro atoms. The van der Waals surface area contributed by atoms with Crippen molar-refractivity contribution in [1.29, 1.82) is 0 Å². The average Bonchev–Trinajstić information content (AvgIpc) is 2.41. The maximum absolute atomic E-state index is 13.3. The highest BCUT2D eigenvalue weighted by Crippen LogP contribution is 2.44. The van der Waals surface area contributed by atoms with Crippen molar-refractivity contribution in [3.05, 3.63) is 0 Å². The largest absolute Gasteiger partial charge is 0.392 e. The van der Waals surface area contributed by atoms with E-state index in [0.29, 0.717) is 26.0 Å². The van der Waals surface area contributed by atoms with Crippen molar-refractivity contribution in [2.75, 3.05) is 20.3 Å². The Hall–Kier alpha value is -0.290. The van der Waals surface area contributed by atoms with Crippen LogP contribution in [0.3, 0.4) is 0 Å². The lowest BCUT2D eigenvalue weighted by Crippen LogP contribution is -2.49. The molecule has 20 heavy (non-hydrogen) atoms. The first-order valence-electron chi connectivity index (χ1n) is 7.70. The molecule has 4 atom stereocenters. The molecule has 0 bridgehead atoms. The van der Waals surface area contributed by atoms with Gasteiger partial charge in [-0.15, -0.1) is 0 Å². The van der Waals surface area contributed by atoms with E-state index < -0.39 is 12.1 Å². The molecule has 1 fully saturated rings. The Morgan fingerprint density at radius 3 is 2.45 bits per heavy atom. The number of hydrogen-bond donors (Lipinski definition) is 1. The summed E-state index contributed by atoms with van der Waals surface area (Å²) in [6.45, 7) is 5.31. The third kappa shape index (κ3) is 4.92. The number of ether oxygens (including phenoxy) is 1. The highest BCUT2D eigenvalue weighted by Gasteiger charge is 2.48. The van der Waals surface area contributed by atoms with E-state index in [1.807, 2.05) is 13.8 Å². The summed E-state index contributed by atoms with van der Waals surface area (Å²) in [5.41, 5.74) is 0. The smallest absolute Gasteiger partial charge is 0.385 e. The third-order valence-electron chi connectivity index (χ3n) is 4.53. The predicted octanol–water partition coefficient (Wildman–Crippen LogP) is 4.01. The van der Waals surface area contributed by atoms with Gasteiger partial charge in [0, 0.05) is 19.8 Å². The Morgan fingerprint density at radius 1 is 1.25 bits per heavy atom. The van der Waals surface area contributed by atoms with Crippen LogP contribution < -0.4 is 5.32 Å². The summed E-state index contributed by atoms with van der Waals surface area (Å²) in [6.07, 6.45) is -0.691. The molecule has 0 aliphatic heterocycles. The van der Waals surface area contributed by atoms with Gasteiger partial charge in [-0.05, 0) is 37.6 Å². The molecule has 0 aromatic rings. The van der Waals surface area contributed by atoms with Gasteiger partial charge in [-0.1, -0.05) is 26.7 Å². The van der Waals surface area contributed by atoms with Crippen LogP contribution in [0.15, 0.2) is 0 Å². The van der Waals surface area contributed by atoms with Crippen molar-refractivity contribution in [3.8, 4) is 0 Å². The Bertz CT molecular complexity index is 270. The second-order valence-corrected chi connectivity index (χ2v) is 5.94. The topological polar surface area (TPSA) is 21.3 Å². The van der Waals surface area contributed by atoms with E-state index in [-0.39, 0.29) is 24.3 Å². The molecule has 1 aliphatic rings. The van der Waals surface area contributed by atoms with Gasteiger partial charge in [0.2, 0.25) is 0 Å². The zero-order chi connectivity index (χ0) is 15.2. The molecule has 1 aliphatic carbocycles. The van der Waals surface area contributed by atoms with E-state index in [9.17, 15) is 13.2 Å². The molecule has 0 aromatic carbocycles. The Balaban J connectivity index is 2.80. The average molecular weight is 295 g/mol. The van der Waals surface area contributed by atoms with Gasteiger partial charge in [-0.25, -0.2) is 0 Å². The van der Waals surface area contributed by atoms with E-state index in [2.05, 4.69) is 5.32 Å². The van der Waals surface area contributed by atoms with Crippen LogP contribution in [0.25, 0.3) is 0 Å². The summed E-state index contributed by atoms with van der Waals surface area (Å²) >= 11 is 0. The van der Waals surface area contributed by atoms with Crippen LogP contribution in [0.5, 0.6) is 0 Å². The first kappa shape index (κ1) is 17.8. The van der Waals surface area contributed by atoms with Crippen LogP contribution >= 0.6 is 0 Å². The molecular weight excluding hydrogens is 267 g/mol. The Labute approximate surface area is 120 Å². The second kappa shape index (κ2) is 8.23. The van der Waals surface area contributed by atoms with Crippen molar-refractivity contribution < 1.29 is 17.9 Å². The van der Waals surface area contributed by atoms with Gasteiger partial charge in [0.25, 0.3) is 0 Å². The van der Waals surface area contributed by atoms with Crippen LogP contribution in [0, 0.1) is 17.8 Å². The quantitative estimate of drug-likeness (QED) is 0.766. The van der Waals surface area contributed by atoms with E-state index in [0.717, 1.165) is 12.8 Å². The molecule has 1 saturated carbocycles. The minimum atomic E-state index is -4.07. The van der Waals surface area contributed by atoms with Crippen LogP contribution in [0.1, 0.15) is 46.0 Å². The van der Waals surface area contributed by atoms with Crippen molar-refractivity contribution in [1.82, 2.24) is 5.32 Å². The monoisotopic (exact) mass is 295 g/mol. The van der Waals surface area contributed by atoms with Crippen molar-refractivity contribution in [2.24, 2.45) is 17.8 Å². The van der Waals surface area contributed by atoms with E-state index in [1.165, 1.54) is 0 Å². The minimum Gasteiger partial charge on any atom is -0.385 e. The van der Waals surface area contributed by atoms with Gasteiger partial charge >= 0.3 is 6.18 Å². The standard InChI is InChI=1S/C15H28F3NO/c1-4-19-14(11(2)9-10-20-3)12-7-5-6-8-13(12)15(16,17)18/h11-14,19H,4-10H2,1-3H3. The maximum Gasteiger partial charge on any atom is 0.392 e. The summed E-state index contributed by atoms with van der Waals surface area (Å²) in [5, 5.41) is 3.31. The number of nitrogens with one attached hydrogen (secondary N) is 1. The molecule has 2 nitrogen and oxygen atoms in total. The highest BCUT2D eigenvalue weighted by atomic mass is 19.4. The lowest BCUT2D eigenvalue weighted by atomic mass is 9.71. The lowest BCUT2D eigenvalue weighted by Gasteiger charge is -2.41. The zero-order valence-corrected chi connectivity index (χ0v) is 12.8. The Morgan fingerprint density at radius 2 is 1.90 bits per heavy atom. The van der Waals surface area contributed by atoms with Crippen molar-refractivity contribution in [3.63, 3.8) is 0 Å². The van der Waals surface area contributed by atoms with Crippen LogP contribution in [-0.4, -0.2) is 32.5 Å². The fraction of sp³-hybridized carbons (Fsp3) is 1.00. The maximum atomic E-state index is 13.3. The summed E-state index contributed by atoms with van der Waals surface area (Å²) in [4.78, 5) is 0. The number of hydrogen-bond acceptors (Lipinski definition) is 2. The predicted molar refractivity (Wildman–Crippen MR) is 74.6 cm³/mol. The molecule has 0 heterocycles. The number of alkyl halides is 3. The first-order valence-corrected chi connectivity index (χ1v) is 7.70. The number of methoxy groups -OCH3 is 1. The zero-order valence-electron chi connectivity index (χ0n) is 12.8. The van der Waals surface area contributed by atoms with Crippen LogP contribution in [-0.2, 0) is 4.74 Å². The fourth-order valence-corrected chi connectivity index (χ4v) is 3.49. The lowest BCUT2D eigenvalue weighted by molar-refractivity contribution is -0.200. The molecule has 4 unspecified atom stereocenters. The molecule has 0 amide bonds. The molecular formula is C15H28F3NO. The van der Waals surface area contributed by atoms with Crippen LogP contribution in [0.2, 0.25) is 0 Å². The van der Waals surface area contributed by atoms with Gasteiger partial charge in [-0.3, -0.25) is 0 Å². The van der Waals surface area contributed by atoms with Crippen molar-refractivity contribution >= 4 is 0 Å². The molecule has 0 radical (unpaired) electrons. The van der Waals surface area contributed by atoms with E-state index in [4.69, 9.17) is 4.74 Å². The Kier molecular flexibility index (Phi) is 7.30. The van der Waals surface area contributed by atoms with Crippen LogP contribution in [0.4, 0.5) is 13.2 Å². The molecule has 5 heteroatoms. The summed E-state index contributed by atoms with van der Waals surface area (Å²) in [5.74, 6) is -1.25. The minimum absolute atomic E-state index is 0.0675. The van der Waals surface area contributed by atoms with Crippen molar-refractivity contribution in [2.45, 2.75) is 58.2 Å². The second-order valence-electron chi connectivity index (χ2n) is 5.94. The number of rotatable bonds is 7. The summed E-state index contributed by atoms with van der Waals surface area (Å²) in [6, 6.07) is -0.0675. The normalized spacial score (nSPS) is 27.3. The SMILES string of the molecule is CCNC(C(C)CCOC)C1CCCCC1C(F)(F)F.